The number of rotatable bonds is 1. The minimum absolute atomic E-state index is 0. The Kier molecular flexibility index (Phi) is 4.96. The van der Waals surface area contributed by atoms with Crippen molar-refractivity contribution in [1.29, 1.82) is 0 Å². The summed E-state index contributed by atoms with van der Waals surface area (Å²) >= 11 is 0. The molecule has 0 spiro atoms. The van der Waals surface area contributed by atoms with Gasteiger partial charge >= 0.3 is 0 Å². The van der Waals surface area contributed by atoms with Crippen LogP contribution in [0.2, 0.25) is 0 Å². The van der Waals surface area contributed by atoms with Gasteiger partial charge < -0.3 is 0 Å². The molecule has 1 aromatic carbocycles. The molecule has 1 heteroatoms. The van der Waals surface area contributed by atoms with E-state index in [0.717, 1.165) is 5.57 Å². The smallest absolute Gasteiger partial charge is 0 e. The van der Waals surface area contributed by atoms with E-state index >= 15 is 0 Å². The first-order valence-electron chi connectivity index (χ1n) is 3.76. The molecule has 0 saturated carbocycles. The molecule has 0 atom stereocenters. The third-order valence-electron chi connectivity index (χ3n) is 1.76. The van der Waals surface area contributed by atoms with Gasteiger partial charge in [-0.25, -0.2) is 0 Å². The number of allylic oxidation sites excluding steroid dienone is 1. The molecule has 0 bridgehead atoms. The summed E-state index contributed by atoms with van der Waals surface area (Å²) in [7, 11) is 0. The van der Waals surface area contributed by atoms with Crippen molar-refractivity contribution in [3.63, 3.8) is 0 Å². The quantitative estimate of drug-likeness (QED) is 0.655. The first kappa shape index (κ1) is 12.1. The van der Waals surface area contributed by atoms with Gasteiger partial charge in [-0.05, 0) is 6.92 Å². The summed E-state index contributed by atoms with van der Waals surface area (Å²) in [6, 6.07) is 7.29. The second-order valence-electron chi connectivity index (χ2n) is 2.99. The minimum Gasteiger partial charge on any atom is -0.180 e. The van der Waals surface area contributed by atoms with Crippen LogP contribution in [0.1, 0.15) is 23.6 Å². The van der Waals surface area contributed by atoms with Crippen LogP contribution in [-0.4, -0.2) is 0 Å². The van der Waals surface area contributed by atoms with E-state index in [0.29, 0.717) is 0 Å². The summed E-state index contributed by atoms with van der Waals surface area (Å²) in [4.78, 5) is 0. The van der Waals surface area contributed by atoms with Crippen LogP contribution in [0.4, 0.5) is 0 Å². The van der Waals surface area contributed by atoms with Gasteiger partial charge in [-0.1, -0.05) is 26.0 Å². The summed E-state index contributed by atoms with van der Waals surface area (Å²) in [6.07, 6.45) is 0. The number of aryl methyl sites for hydroxylation is 2. The standard InChI is InChI=1S/C11H13.Y/c1-8(2)11-7-9(3)5-6-10(11)4;/h6-7H,1H2,2-4H3;/q-1;. The van der Waals surface area contributed by atoms with Gasteiger partial charge in [0.25, 0.3) is 0 Å². The predicted octanol–water partition coefficient (Wildman–Crippen LogP) is 3.13. The maximum absolute atomic E-state index is 3.91. The molecule has 0 unspecified atom stereocenters. The first-order valence-corrected chi connectivity index (χ1v) is 3.76. The third kappa shape index (κ3) is 2.84. The molecule has 0 saturated heterocycles. The Balaban J connectivity index is 0.00000121. The van der Waals surface area contributed by atoms with E-state index < -0.39 is 0 Å². The van der Waals surface area contributed by atoms with E-state index in [2.05, 4.69) is 25.6 Å². The SMILES string of the molecule is C=C(C)c1cc(C)[c-]cc1C.[Y]. The molecule has 12 heavy (non-hydrogen) atoms. The van der Waals surface area contributed by atoms with Crippen LogP contribution in [0, 0.1) is 19.9 Å². The van der Waals surface area contributed by atoms with Crippen LogP contribution in [-0.2, 0) is 32.7 Å². The molecule has 0 fully saturated rings. The zero-order valence-corrected chi connectivity index (χ0v) is 10.8. The third-order valence-corrected chi connectivity index (χ3v) is 1.76. The minimum atomic E-state index is 0. The predicted molar refractivity (Wildman–Crippen MR) is 49.5 cm³/mol. The fourth-order valence-corrected chi connectivity index (χ4v) is 1.13. The molecule has 61 valence electrons. The van der Waals surface area contributed by atoms with E-state index in [1.54, 1.807) is 0 Å². The van der Waals surface area contributed by atoms with Crippen LogP contribution in [0.15, 0.2) is 18.7 Å². The van der Waals surface area contributed by atoms with Crippen molar-refractivity contribution < 1.29 is 32.7 Å². The molecule has 0 aromatic heterocycles. The molecule has 0 aliphatic carbocycles. The Hall–Kier alpha value is 0.0639. The van der Waals surface area contributed by atoms with Gasteiger partial charge in [-0.2, -0.15) is 29.3 Å². The van der Waals surface area contributed by atoms with Crippen LogP contribution >= 0.6 is 0 Å². The molecule has 0 aliphatic rings. The second kappa shape index (κ2) is 4.94. The molecular formula is C11H13Y-. The van der Waals surface area contributed by atoms with Gasteiger partial charge in [0.05, 0.1) is 0 Å². The Morgan fingerprint density at radius 1 is 1.42 bits per heavy atom. The van der Waals surface area contributed by atoms with E-state index in [1.165, 1.54) is 16.7 Å². The van der Waals surface area contributed by atoms with E-state index in [1.807, 2.05) is 19.9 Å². The summed E-state index contributed by atoms with van der Waals surface area (Å²) < 4.78 is 0. The number of hydrogen-bond acceptors (Lipinski definition) is 0. The van der Waals surface area contributed by atoms with Crippen LogP contribution in [0.3, 0.4) is 0 Å². The largest absolute Gasteiger partial charge is 0.180 e. The maximum atomic E-state index is 3.91. The molecule has 1 aromatic rings. The van der Waals surface area contributed by atoms with Crippen molar-refractivity contribution in [3.8, 4) is 0 Å². The number of benzene rings is 1. The maximum Gasteiger partial charge on any atom is 0 e. The van der Waals surface area contributed by atoms with Gasteiger partial charge in [0.1, 0.15) is 0 Å². The fourth-order valence-electron chi connectivity index (χ4n) is 1.13. The summed E-state index contributed by atoms with van der Waals surface area (Å²) in [5.74, 6) is 0. The Bertz CT molecular complexity index is 287. The molecule has 1 rings (SSSR count). The van der Waals surface area contributed by atoms with Gasteiger partial charge in [0, 0.05) is 32.7 Å². The van der Waals surface area contributed by atoms with Crippen molar-refractivity contribution in [2.75, 3.05) is 0 Å². The zero-order chi connectivity index (χ0) is 8.43. The normalized spacial score (nSPS) is 8.92. The Morgan fingerprint density at radius 3 is 2.42 bits per heavy atom. The van der Waals surface area contributed by atoms with Gasteiger partial charge in [-0.15, -0.1) is 5.56 Å². The Labute approximate surface area is 100.0 Å². The molecular weight excluding hydrogens is 221 g/mol. The molecule has 0 nitrogen and oxygen atoms in total. The van der Waals surface area contributed by atoms with Gasteiger partial charge in [0.2, 0.25) is 0 Å². The topological polar surface area (TPSA) is 0 Å². The van der Waals surface area contributed by atoms with Crippen LogP contribution in [0.5, 0.6) is 0 Å². The molecule has 0 heterocycles. The summed E-state index contributed by atoms with van der Waals surface area (Å²) in [5.41, 5.74) is 4.80. The molecule has 1 radical (unpaired) electrons. The average molecular weight is 234 g/mol. The van der Waals surface area contributed by atoms with E-state index in [9.17, 15) is 0 Å². The van der Waals surface area contributed by atoms with Gasteiger partial charge in [-0.3, -0.25) is 0 Å². The van der Waals surface area contributed by atoms with Crippen molar-refractivity contribution in [1.82, 2.24) is 0 Å². The van der Waals surface area contributed by atoms with Crippen molar-refractivity contribution in [3.05, 3.63) is 41.5 Å². The second-order valence-corrected chi connectivity index (χ2v) is 2.99. The van der Waals surface area contributed by atoms with Crippen LogP contribution < -0.4 is 0 Å². The molecule has 0 N–H and O–H groups in total. The molecule has 0 amide bonds. The monoisotopic (exact) mass is 234 g/mol. The average Bonchev–Trinajstić information content (AvgIpc) is 1.94. The summed E-state index contributed by atoms with van der Waals surface area (Å²) in [5, 5.41) is 0. The van der Waals surface area contributed by atoms with E-state index in [4.69, 9.17) is 0 Å². The van der Waals surface area contributed by atoms with Crippen molar-refractivity contribution in [2.24, 2.45) is 0 Å². The zero-order valence-electron chi connectivity index (χ0n) is 7.94. The summed E-state index contributed by atoms with van der Waals surface area (Å²) in [6.45, 7) is 10.1. The fraction of sp³-hybridized carbons (Fsp3) is 0.273. The van der Waals surface area contributed by atoms with Crippen molar-refractivity contribution in [2.45, 2.75) is 20.8 Å². The number of hydrogen-bond donors (Lipinski definition) is 0. The molecule has 0 aliphatic heterocycles. The van der Waals surface area contributed by atoms with Crippen molar-refractivity contribution >= 4 is 5.57 Å². The van der Waals surface area contributed by atoms with Crippen LogP contribution in [0.25, 0.3) is 5.57 Å². The Morgan fingerprint density at radius 2 is 2.00 bits per heavy atom. The first-order chi connectivity index (χ1) is 5.11. The van der Waals surface area contributed by atoms with Gasteiger partial charge in [0.15, 0.2) is 0 Å². The van der Waals surface area contributed by atoms with E-state index in [-0.39, 0.29) is 32.7 Å².